The number of hydrogen-bond acceptors (Lipinski definition) is 5. The molecule has 20 heavy (non-hydrogen) atoms. The quantitative estimate of drug-likeness (QED) is 0.889. The van der Waals surface area contributed by atoms with Crippen LogP contribution in [0.5, 0.6) is 0 Å². The molecule has 1 atom stereocenters. The van der Waals surface area contributed by atoms with Crippen molar-refractivity contribution >= 4 is 40.1 Å². The minimum atomic E-state index is -0.562. The highest BCUT2D eigenvalue weighted by Gasteiger charge is 2.26. The number of thioether (sulfide) groups is 1. The Hall–Kier alpha value is -1.34. The van der Waals surface area contributed by atoms with Crippen LogP contribution in [-0.2, 0) is 4.79 Å². The van der Waals surface area contributed by atoms with Crippen molar-refractivity contribution in [2.24, 2.45) is 10.9 Å². The normalized spacial score (nSPS) is 15.8. The van der Waals surface area contributed by atoms with E-state index in [2.05, 4.69) is 15.6 Å². The molecule has 2 N–H and O–H groups in total. The second-order valence-corrected chi connectivity index (χ2v) is 6.73. The molecule has 0 bridgehead atoms. The Bertz CT molecular complexity index is 512. The first kappa shape index (κ1) is 15.1. The van der Waals surface area contributed by atoms with Gasteiger partial charge in [-0.1, -0.05) is 31.7 Å². The topological polar surface area (TPSA) is 70.6 Å². The van der Waals surface area contributed by atoms with Gasteiger partial charge in [-0.05, 0) is 17.4 Å². The fourth-order valence-corrected chi connectivity index (χ4v) is 3.11. The molecule has 0 fully saturated rings. The number of amides is 2. The van der Waals surface area contributed by atoms with E-state index in [4.69, 9.17) is 0 Å². The van der Waals surface area contributed by atoms with Gasteiger partial charge in [0.15, 0.2) is 5.17 Å². The van der Waals surface area contributed by atoms with E-state index >= 15 is 0 Å². The molecule has 0 radical (unpaired) electrons. The standard InChI is InChI=1S/C13H17N3O2S2/c1-8(2)10(12(18)16-13-14-5-7-20-13)15-11(17)9-4-3-6-19-9/h3-4,6,8,10H,5,7H2,1-2H3,(H,15,17)(H,14,16,18)/t10-/m0/s1. The van der Waals surface area contributed by atoms with E-state index in [1.165, 1.54) is 23.1 Å². The van der Waals surface area contributed by atoms with Gasteiger partial charge in [-0.15, -0.1) is 11.3 Å². The van der Waals surface area contributed by atoms with Crippen molar-refractivity contribution in [3.8, 4) is 0 Å². The van der Waals surface area contributed by atoms with E-state index < -0.39 is 6.04 Å². The Morgan fingerprint density at radius 1 is 1.40 bits per heavy atom. The van der Waals surface area contributed by atoms with Crippen LogP contribution >= 0.6 is 23.1 Å². The molecule has 0 spiro atoms. The predicted molar refractivity (Wildman–Crippen MR) is 83.3 cm³/mol. The maximum Gasteiger partial charge on any atom is 0.262 e. The second kappa shape index (κ2) is 6.90. The van der Waals surface area contributed by atoms with E-state index in [1.54, 1.807) is 6.07 Å². The Kier molecular flexibility index (Phi) is 5.19. The average Bonchev–Trinajstić information content (AvgIpc) is 3.07. The molecule has 0 saturated heterocycles. The van der Waals surface area contributed by atoms with Crippen molar-refractivity contribution in [1.29, 1.82) is 0 Å². The van der Waals surface area contributed by atoms with Gasteiger partial charge in [-0.25, -0.2) is 0 Å². The number of nitrogens with zero attached hydrogens (tertiary/aromatic N) is 1. The molecule has 7 heteroatoms. The maximum absolute atomic E-state index is 12.2. The van der Waals surface area contributed by atoms with Crippen LogP contribution in [0, 0.1) is 5.92 Å². The summed E-state index contributed by atoms with van der Waals surface area (Å²) >= 11 is 2.88. The number of thiophene rings is 1. The van der Waals surface area contributed by atoms with E-state index in [-0.39, 0.29) is 17.7 Å². The summed E-state index contributed by atoms with van der Waals surface area (Å²) in [6, 6.07) is 2.99. The minimum absolute atomic E-state index is 0.00548. The molecular formula is C13H17N3O2S2. The molecule has 0 unspecified atom stereocenters. The summed E-state index contributed by atoms with van der Waals surface area (Å²) in [4.78, 5) is 29.1. The van der Waals surface area contributed by atoms with Crippen LogP contribution in [-0.4, -0.2) is 35.3 Å². The number of rotatable bonds is 4. The Labute approximate surface area is 126 Å². The Morgan fingerprint density at radius 2 is 2.20 bits per heavy atom. The molecule has 2 heterocycles. The van der Waals surface area contributed by atoms with Gasteiger partial charge in [0.25, 0.3) is 5.91 Å². The zero-order chi connectivity index (χ0) is 14.5. The largest absolute Gasteiger partial charge is 0.339 e. The first-order valence-corrected chi connectivity index (χ1v) is 8.27. The fraction of sp³-hybridized carbons (Fsp3) is 0.462. The number of amidine groups is 1. The molecule has 1 aromatic rings. The summed E-state index contributed by atoms with van der Waals surface area (Å²) in [6.07, 6.45) is 0. The third-order valence-electron chi connectivity index (χ3n) is 2.80. The van der Waals surface area contributed by atoms with E-state index in [9.17, 15) is 9.59 Å². The zero-order valence-corrected chi connectivity index (χ0v) is 13.0. The third-order valence-corrected chi connectivity index (χ3v) is 4.56. The third kappa shape index (κ3) is 3.83. The molecular weight excluding hydrogens is 294 g/mol. The maximum atomic E-state index is 12.2. The van der Waals surface area contributed by atoms with Gasteiger partial charge in [0, 0.05) is 5.75 Å². The van der Waals surface area contributed by atoms with Crippen molar-refractivity contribution in [3.63, 3.8) is 0 Å². The number of carbonyl (C=O) groups is 2. The summed E-state index contributed by atoms with van der Waals surface area (Å²) in [5, 5.41) is 8.04. The summed E-state index contributed by atoms with van der Waals surface area (Å²) in [5.41, 5.74) is 0. The van der Waals surface area contributed by atoms with Gasteiger partial charge in [0.2, 0.25) is 5.91 Å². The van der Waals surface area contributed by atoms with Gasteiger partial charge in [0.05, 0.1) is 11.4 Å². The second-order valence-electron chi connectivity index (χ2n) is 4.70. The van der Waals surface area contributed by atoms with E-state index in [0.29, 0.717) is 10.0 Å². The zero-order valence-electron chi connectivity index (χ0n) is 11.4. The smallest absolute Gasteiger partial charge is 0.262 e. The highest BCUT2D eigenvalue weighted by molar-refractivity contribution is 8.14. The molecule has 5 nitrogen and oxygen atoms in total. The van der Waals surface area contributed by atoms with E-state index in [1.807, 2.05) is 25.3 Å². The molecule has 1 aliphatic rings. The monoisotopic (exact) mass is 311 g/mol. The minimum Gasteiger partial charge on any atom is -0.339 e. The highest BCUT2D eigenvalue weighted by atomic mass is 32.2. The summed E-state index contributed by atoms with van der Waals surface area (Å²) < 4.78 is 0. The molecule has 0 aromatic carbocycles. The molecule has 1 aliphatic heterocycles. The number of carbonyl (C=O) groups excluding carboxylic acids is 2. The van der Waals surface area contributed by atoms with Crippen molar-refractivity contribution in [2.75, 3.05) is 12.3 Å². The van der Waals surface area contributed by atoms with E-state index in [0.717, 1.165) is 12.3 Å². The van der Waals surface area contributed by atoms with Crippen LogP contribution in [0.15, 0.2) is 22.5 Å². The van der Waals surface area contributed by atoms with Crippen LogP contribution in [0.25, 0.3) is 0 Å². The van der Waals surface area contributed by atoms with Crippen molar-refractivity contribution in [2.45, 2.75) is 19.9 Å². The predicted octanol–water partition coefficient (Wildman–Crippen LogP) is 1.72. The first-order chi connectivity index (χ1) is 9.58. The molecule has 108 valence electrons. The SMILES string of the molecule is CC(C)[C@H](NC(=O)c1cccs1)C(=O)NC1=NCCS1. The van der Waals surface area contributed by atoms with Crippen LogP contribution in [0.4, 0.5) is 0 Å². The van der Waals surface area contributed by atoms with Gasteiger partial charge in [0.1, 0.15) is 6.04 Å². The number of hydrogen-bond donors (Lipinski definition) is 2. The summed E-state index contributed by atoms with van der Waals surface area (Å²) in [5.74, 6) is 0.475. The number of aliphatic imine (C=N–C) groups is 1. The van der Waals surface area contributed by atoms with Crippen molar-refractivity contribution in [3.05, 3.63) is 22.4 Å². The molecule has 0 saturated carbocycles. The van der Waals surface area contributed by atoms with Crippen LogP contribution in [0.1, 0.15) is 23.5 Å². The van der Waals surface area contributed by atoms with Gasteiger partial charge in [-0.2, -0.15) is 0 Å². The molecule has 1 aromatic heterocycles. The average molecular weight is 311 g/mol. The summed E-state index contributed by atoms with van der Waals surface area (Å²) in [6.45, 7) is 4.54. The summed E-state index contributed by atoms with van der Waals surface area (Å²) in [7, 11) is 0. The van der Waals surface area contributed by atoms with Crippen molar-refractivity contribution < 1.29 is 9.59 Å². The van der Waals surface area contributed by atoms with Gasteiger partial charge < -0.3 is 10.6 Å². The Morgan fingerprint density at radius 3 is 2.75 bits per heavy atom. The molecule has 2 amide bonds. The lowest BCUT2D eigenvalue weighted by Crippen LogP contribution is -2.50. The lowest BCUT2D eigenvalue weighted by Gasteiger charge is -2.21. The lowest BCUT2D eigenvalue weighted by atomic mass is 10.0. The van der Waals surface area contributed by atoms with Gasteiger partial charge >= 0.3 is 0 Å². The van der Waals surface area contributed by atoms with Crippen LogP contribution in [0.2, 0.25) is 0 Å². The number of nitrogens with one attached hydrogen (secondary N) is 2. The fourth-order valence-electron chi connectivity index (χ4n) is 1.75. The van der Waals surface area contributed by atoms with Crippen LogP contribution < -0.4 is 10.6 Å². The molecule has 2 rings (SSSR count). The molecule has 0 aliphatic carbocycles. The van der Waals surface area contributed by atoms with Crippen molar-refractivity contribution in [1.82, 2.24) is 10.6 Å². The van der Waals surface area contributed by atoms with Gasteiger partial charge in [-0.3, -0.25) is 14.6 Å². The first-order valence-electron chi connectivity index (χ1n) is 6.40. The van der Waals surface area contributed by atoms with Crippen LogP contribution in [0.3, 0.4) is 0 Å². The Balaban J connectivity index is 1.99. The highest BCUT2D eigenvalue weighted by Crippen LogP contribution is 2.12. The lowest BCUT2D eigenvalue weighted by molar-refractivity contribution is -0.122.